The first-order valence-electron chi connectivity index (χ1n) is 2.12. The molecule has 0 spiro atoms. The smallest absolute Gasteiger partial charge is 0.261 e. The van der Waals surface area contributed by atoms with E-state index in [1.165, 1.54) is 16.4 Å². The molecule has 0 saturated carbocycles. The fraction of sp³-hybridized carbons (Fsp3) is 0. The number of imidazole rings is 1. The van der Waals surface area contributed by atoms with Gasteiger partial charge < -0.3 is 0 Å². The Hall–Kier alpha value is -0.720. The third-order valence-corrected chi connectivity index (χ3v) is 1.09. The van der Waals surface area contributed by atoms with E-state index in [1.54, 1.807) is 0 Å². The van der Waals surface area contributed by atoms with Crippen molar-refractivity contribution in [2.45, 2.75) is 0 Å². The zero-order valence-electron chi connectivity index (χ0n) is 4.34. The number of rotatable bonds is 1. The molecule has 50 valence electrons. The van der Waals surface area contributed by atoms with Crippen LogP contribution in [0.5, 0.6) is 0 Å². The van der Waals surface area contributed by atoms with Gasteiger partial charge in [0, 0.05) is 12.4 Å². The molecule has 0 amide bonds. The van der Waals surface area contributed by atoms with E-state index >= 15 is 0 Å². The lowest BCUT2D eigenvalue weighted by molar-refractivity contribution is 0.0242. The zero-order chi connectivity index (χ0) is 6.85. The van der Waals surface area contributed by atoms with Crippen LogP contribution in [-0.4, -0.2) is 19.4 Å². The first-order valence-corrected chi connectivity index (χ1v) is 2.52. The van der Waals surface area contributed by atoms with Gasteiger partial charge in [-0.05, 0) is 0 Å². The Kier molecular flexibility index (Phi) is 1.60. The number of aromatic nitrogens is 2. The standard InChI is InChI=1S/C3H5N3O2S/c7-6(8)3-4-1-2-5(3)9/h1-2,7-9H. The predicted molar refractivity (Wildman–Crippen MR) is 32.7 cm³/mol. The van der Waals surface area contributed by atoms with Crippen LogP contribution >= 0.6 is 12.8 Å². The zero-order valence-corrected chi connectivity index (χ0v) is 5.23. The summed E-state index contributed by atoms with van der Waals surface area (Å²) in [5.41, 5.74) is 0. The second kappa shape index (κ2) is 2.26. The van der Waals surface area contributed by atoms with Crippen molar-refractivity contribution >= 4 is 18.8 Å². The van der Waals surface area contributed by atoms with Gasteiger partial charge in [0.15, 0.2) is 0 Å². The van der Waals surface area contributed by atoms with Gasteiger partial charge in [0.05, 0.1) is 0 Å². The van der Waals surface area contributed by atoms with E-state index in [2.05, 4.69) is 17.8 Å². The molecule has 5 nitrogen and oxygen atoms in total. The van der Waals surface area contributed by atoms with E-state index in [4.69, 9.17) is 10.4 Å². The van der Waals surface area contributed by atoms with Crippen LogP contribution in [0.4, 0.5) is 5.95 Å². The molecule has 1 heterocycles. The van der Waals surface area contributed by atoms with Gasteiger partial charge >= 0.3 is 0 Å². The highest BCUT2D eigenvalue weighted by atomic mass is 32.1. The molecule has 1 rings (SSSR count). The van der Waals surface area contributed by atoms with Crippen molar-refractivity contribution in [3.63, 3.8) is 0 Å². The number of hydrogen-bond donors (Lipinski definition) is 3. The summed E-state index contributed by atoms with van der Waals surface area (Å²) in [5.74, 6) is -0.0432. The van der Waals surface area contributed by atoms with Gasteiger partial charge in [0.1, 0.15) is 0 Å². The molecule has 0 fully saturated rings. The normalized spacial score (nSPS) is 9.67. The lowest BCUT2D eigenvalue weighted by Gasteiger charge is -2.03. The lowest BCUT2D eigenvalue weighted by Crippen LogP contribution is -2.14. The number of hydrogen-bond acceptors (Lipinski definition) is 5. The summed E-state index contributed by atoms with van der Waals surface area (Å²) in [6, 6.07) is 0. The Balaban J connectivity index is 2.94. The van der Waals surface area contributed by atoms with Gasteiger partial charge in [-0.15, -0.1) is 0 Å². The molecular weight excluding hydrogens is 142 g/mol. The maximum Gasteiger partial charge on any atom is 0.267 e. The summed E-state index contributed by atoms with van der Waals surface area (Å²) in [5, 5.41) is 16.6. The van der Waals surface area contributed by atoms with E-state index < -0.39 is 0 Å². The summed E-state index contributed by atoms with van der Waals surface area (Å²) in [7, 11) is 0. The molecule has 0 unspecified atom stereocenters. The Morgan fingerprint density at radius 2 is 2.33 bits per heavy atom. The van der Waals surface area contributed by atoms with Crippen LogP contribution in [0.25, 0.3) is 0 Å². The van der Waals surface area contributed by atoms with E-state index in [1.807, 2.05) is 0 Å². The van der Waals surface area contributed by atoms with Gasteiger partial charge in [-0.2, -0.15) is 0 Å². The van der Waals surface area contributed by atoms with Crippen molar-refractivity contribution in [1.82, 2.24) is 8.96 Å². The van der Waals surface area contributed by atoms with Crippen LogP contribution < -0.4 is 5.23 Å². The first-order chi connectivity index (χ1) is 4.22. The Morgan fingerprint density at radius 3 is 2.56 bits per heavy atom. The molecule has 0 radical (unpaired) electrons. The van der Waals surface area contributed by atoms with Crippen molar-refractivity contribution in [3.8, 4) is 0 Å². The van der Waals surface area contributed by atoms with Crippen molar-refractivity contribution in [1.29, 1.82) is 0 Å². The van der Waals surface area contributed by atoms with E-state index in [0.717, 1.165) is 0 Å². The van der Waals surface area contributed by atoms with E-state index in [9.17, 15) is 0 Å². The average Bonchev–Trinajstić information content (AvgIpc) is 2.13. The second-order valence-corrected chi connectivity index (χ2v) is 1.79. The minimum absolute atomic E-state index is 0.0432. The third-order valence-electron chi connectivity index (χ3n) is 0.782. The summed E-state index contributed by atoms with van der Waals surface area (Å²) in [6.07, 6.45) is 2.86. The molecule has 0 saturated heterocycles. The average molecular weight is 147 g/mol. The molecule has 0 aromatic carbocycles. The molecule has 0 bridgehead atoms. The van der Waals surface area contributed by atoms with Gasteiger partial charge in [0.2, 0.25) is 0 Å². The minimum Gasteiger partial charge on any atom is -0.261 e. The summed E-state index contributed by atoms with van der Waals surface area (Å²) >= 11 is 3.78. The van der Waals surface area contributed by atoms with E-state index in [-0.39, 0.29) is 11.2 Å². The highest BCUT2D eigenvalue weighted by molar-refractivity contribution is 7.78. The van der Waals surface area contributed by atoms with Crippen molar-refractivity contribution in [3.05, 3.63) is 12.4 Å². The maximum absolute atomic E-state index is 8.35. The lowest BCUT2D eigenvalue weighted by atomic mass is 11.0. The number of thiol groups is 1. The highest BCUT2D eigenvalue weighted by Crippen LogP contribution is 2.06. The SMILES string of the molecule is ON(O)c1nccn1S. The fourth-order valence-electron chi connectivity index (χ4n) is 0.432. The summed E-state index contributed by atoms with van der Waals surface area (Å²) < 4.78 is 1.17. The molecule has 1 aromatic rings. The van der Waals surface area contributed by atoms with Crippen LogP contribution in [0.15, 0.2) is 12.4 Å². The fourth-order valence-corrected chi connectivity index (χ4v) is 0.624. The monoisotopic (exact) mass is 147 g/mol. The first kappa shape index (κ1) is 6.40. The summed E-state index contributed by atoms with van der Waals surface area (Å²) in [4.78, 5) is 3.53. The maximum atomic E-state index is 8.35. The Bertz CT molecular complexity index is 199. The van der Waals surface area contributed by atoms with Crippen molar-refractivity contribution < 1.29 is 10.4 Å². The van der Waals surface area contributed by atoms with Crippen LogP contribution in [0.1, 0.15) is 0 Å². The molecule has 2 N–H and O–H groups in total. The molecule has 0 aliphatic rings. The second-order valence-electron chi connectivity index (χ2n) is 1.36. The molecule has 6 heteroatoms. The van der Waals surface area contributed by atoms with Gasteiger partial charge in [-0.1, -0.05) is 18.0 Å². The van der Waals surface area contributed by atoms with E-state index in [0.29, 0.717) is 0 Å². The van der Waals surface area contributed by atoms with Crippen LogP contribution in [0.3, 0.4) is 0 Å². The Morgan fingerprint density at radius 1 is 1.67 bits per heavy atom. The molecule has 0 aliphatic carbocycles. The number of nitrogens with zero attached hydrogens (tertiary/aromatic N) is 3. The quantitative estimate of drug-likeness (QED) is 0.391. The highest BCUT2D eigenvalue weighted by Gasteiger charge is 2.02. The van der Waals surface area contributed by atoms with Crippen molar-refractivity contribution in [2.75, 3.05) is 5.23 Å². The largest absolute Gasteiger partial charge is 0.267 e. The van der Waals surface area contributed by atoms with Crippen LogP contribution in [0.2, 0.25) is 0 Å². The molecule has 0 atom stereocenters. The van der Waals surface area contributed by atoms with Crippen LogP contribution in [0, 0.1) is 0 Å². The third kappa shape index (κ3) is 1.15. The van der Waals surface area contributed by atoms with Gasteiger partial charge in [-0.25, -0.2) is 4.98 Å². The predicted octanol–water partition coefficient (Wildman–Crippen LogP) is 0.161. The van der Waals surface area contributed by atoms with Gasteiger partial charge in [0.25, 0.3) is 5.95 Å². The minimum atomic E-state index is -0.104. The molecule has 0 aliphatic heterocycles. The van der Waals surface area contributed by atoms with Crippen LogP contribution in [-0.2, 0) is 0 Å². The molecular formula is C3H5N3O2S. The number of anilines is 1. The van der Waals surface area contributed by atoms with Gasteiger partial charge in [-0.3, -0.25) is 14.4 Å². The summed E-state index contributed by atoms with van der Waals surface area (Å²) in [6.45, 7) is 0. The topological polar surface area (TPSA) is 61.5 Å². The molecule has 9 heavy (non-hydrogen) atoms. The van der Waals surface area contributed by atoms with Crippen molar-refractivity contribution in [2.24, 2.45) is 0 Å². The molecule has 1 aromatic heterocycles. The Labute approximate surface area is 56.6 Å².